The molecule has 184 valence electrons. The molecular weight excluding hydrogens is 467 g/mol. The molecule has 35 heavy (non-hydrogen) atoms. The van der Waals surface area contributed by atoms with E-state index in [0.29, 0.717) is 30.4 Å². The molecule has 0 fully saturated rings. The van der Waals surface area contributed by atoms with E-state index in [9.17, 15) is 13.2 Å². The summed E-state index contributed by atoms with van der Waals surface area (Å²) in [6.45, 7) is 6.20. The fourth-order valence-corrected chi connectivity index (χ4v) is 2.96. The summed E-state index contributed by atoms with van der Waals surface area (Å²) in [5.41, 5.74) is 6.79. The first-order chi connectivity index (χ1) is 16.4. The number of halogens is 3. The molecule has 0 bridgehead atoms. The van der Waals surface area contributed by atoms with Crippen LogP contribution in [0.4, 0.5) is 13.2 Å². The maximum absolute atomic E-state index is 12.3. The first-order valence-electron chi connectivity index (χ1n) is 10.4. The van der Waals surface area contributed by atoms with Crippen LogP contribution in [0.5, 0.6) is 11.6 Å². The number of ether oxygens (including phenoxy) is 2. The Morgan fingerprint density at radius 3 is 2.49 bits per heavy atom. The minimum absolute atomic E-state index is 0.0707. The molecule has 3 heterocycles. The van der Waals surface area contributed by atoms with Crippen LogP contribution in [0.3, 0.4) is 0 Å². The van der Waals surface area contributed by atoms with Gasteiger partial charge in [-0.3, -0.25) is 0 Å². The normalized spacial score (nSPS) is 12.1. The van der Waals surface area contributed by atoms with E-state index in [-0.39, 0.29) is 23.3 Å². The second kappa shape index (κ2) is 9.33. The Hall–Kier alpha value is -4.00. The van der Waals surface area contributed by atoms with Gasteiger partial charge in [0.1, 0.15) is 18.2 Å². The molecule has 10 nitrogen and oxygen atoms in total. The van der Waals surface area contributed by atoms with Gasteiger partial charge in [0.2, 0.25) is 17.5 Å². The van der Waals surface area contributed by atoms with Crippen LogP contribution >= 0.6 is 0 Å². The molecule has 0 unspecified atom stereocenters. The Balaban J connectivity index is 1.47. The Morgan fingerprint density at radius 1 is 1.06 bits per heavy atom. The molecule has 0 aliphatic heterocycles. The van der Waals surface area contributed by atoms with E-state index in [1.54, 1.807) is 23.9 Å². The van der Waals surface area contributed by atoms with Crippen molar-refractivity contribution in [2.24, 2.45) is 5.73 Å². The molecule has 0 aliphatic rings. The van der Waals surface area contributed by atoms with E-state index in [1.807, 2.05) is 19.9 Å². The molecule has 0 radical (unpaired) electrons. The second-order valence-corrected chi connectivity index (χ2v) is 8.42. The number of pyridine rings is 1. The number of alkyl halides is 3. The van der Waals surface area contributed by atoms with E-state index in [2.05, 4.69) is 29.9 Å². The molecule has 3 aromatic heterocycles. The quantitative estimate of drug-likeness (QED) is 0.393. The van der Waals surface area contributed by atoms with Gasteiger partial charge in [0.25, 0.3) is 5.89 Å². The van der Waals surface area contributed by atoms with Crippen molar-refractivity contribution in [1.29, 1.82) is 0 Å². The summed E-state index contributed by atoms with van der Waals surface area (Å²) in [6, 6.07) is 8.74. The van der Waals surface area contributed by atoms with E-state index in [1.165, 1.54) is 12.1 Å². The summed E-state index contributed by atoms with van der Waals surface area (Å²) in [6.07, 6.45) is -3.13. The SMILES string of the molecule is Cc1nc(-c2nc(-c3ccc(OC(F)(F)F)cc3)no2)nn1Cc1ccnc(OCC(C)(C)N)c1. The van der Waals surface area contributed by atoms with Crippen LogP contribution in [0.1, 0.15) is 25.2 Å². The third-order valence-corrected chi connectivity index (χ3v) is 4.54. The number of nitrogens with two attached hydrogens (primary N) is 1. The zero-order chi connectivity index (χ0) is 25.2. The number of hydrogen-bond acceptors (Lipinski definition) is 9. The van der Waals surface area contributed by atoms with Crippen LogP contribution in [-0.2, 0) is 6.54 Å². The van der Waals surface area contributed by atoms with Crippen molar-refractivity contribution in [2.45, 2.75) is 39.2 Å². The molecule has 2 N–H and O–H groups in total. The predicted molar refractivity (Wildman–Crippen MR) is 117 cm³/mol. The van der Waals surface area contributed by atoms with Crippen molar-refractivity contribution in [3.05, 3.63) is 54.0 Å². The summed E-state index contributed by atoms with van der Waals surface area (Å²) < 4.78 is 53.4. The third-order valence-electron chi connectivity index (χ3n) is 4.54. The van der Waals surface area contributed by atoms with E-state index < -0.39 is 11.9 Å². The van der Waals surface area contributed by atoms with Gasteiger partial charge < -0.3 is 19.7 Å². The Kier molecular flexibility index (Phi) is 6.43. The summed E-state index contributed by atoms with van der Waals surface area (Å²) in [7, 11) is 0. The topological polar surface area (TPSA) is 127 Å². The van der Waals surface area contributed by atoms with Gasteiger partial charge in [-0.05, 0) is 56.7 Å². The number of nitrogens with zero attached hydrogens (tertiary/aromatic N) is 6. The summed E-state index contributed by atoms with van der Waals surface area (Å²) >= 11 is 0. The van der Waals surface area contributed by atoms with Crippen LogP contribution < -0.4 is 15.2 Å². The van der Waals surface area contributed by atoms with Crippen LogP contribution in [0, 0.1) is 6.92 Å². The van der Waals surface area contributed by atoms with Crippen LogP contribution in [0.25, 0.3) is 23.1 Å². The highest BCUT2D eigenvalue weighted by molar-refractivity contribution is 5.57. The van der Waals surface area contributed by atoms with E-state index in [4.69, 9.17) is 15.0 Å². The lowest BCUT2D eigenvalue weighted by Crippen LogP contribution is -2.38. The van der Waals surface area contributed by atoms with Gasteiger partial charge in [0.05, 0.1) is 6.54 Å². The second-order valence-electron chi connectivity index (χ2n) is 8.42. The van der Waals surface area contributed by atoms with Crippen LogP contribution in [0.2, 0.25) is 0 Å². The van der Waals surface area contributed by atoms with Crippen LogP contribution in [0.15, 0.2) is 47.1 Å². The summed E-state index contributed by atoms with van der Waals surface area (Å²) in [4.78, 5) is 12.8. The molecule has 4 rings (SSSR count). The molecule has 0 saturated heterocycles. The summed E-state index contributed by atoms with van der Waals surface area (Å²) in [5, 5.41) is 8.30. The zero-order valence-electron chi connectivity index (χ0n) is 19.1. The number of hydrogen-bond donors (Lipinski definition) is 1. The molecule has 1 aromatic carbocycles. The standard InChI is InChI=1S/C22H22F3N7O3/c1-13-28-19(30-32(13)11-14-8-9-27-17(10-14)33-12-21(2,3)26)20-29-18(31-35-20)15-4-6-16(7-5-15)34-22(23,24)25/h4-10H,11-12,26H2,1-3H3. The minimum Gasteiger partial charge on any atom is -0.476 e. The van der Waals surface area contributed by atoms with Gasteiger partial charge in [-0.15, -0.1) is 18.3 Å². The van der Waals surface area contributed by atoms with Gasteiger partial charge in [-0.1, -0.05) is 5.16 Å². The third kappa shape index (κ3) is 6.53. The predicted octanol–water partition coefficient (Wildman–Crippen LogP) is 3.76. The lowest BCUT2D eigenvalue weighted by molar-refractivity contribution is -0.274. The Morgan fingerprint density at radius 2 is 1.80 bits per heavy atom. The first-order valence-corrected chi connectivity index (χ1v) is 10.4. The molecule has 0 amide bonds. The number of benzene rings is 1. The van der Waals surface area contributed by atoms with Gasteiger partial charge in [0, 0.05) is 23.4 Å². The Bertz CT molecular complexity index is 1290. The highest BCUT2D eigenvalue weighted by atomic mass is 19.4. The highest BCUT2D eigenvalue weighted by Gasteiger charge is 2.31. The molecule has 0 atom stereocenters. The number of aryl methyl sites for hydroxylation is 1. The summed E-state index contributed by atoms with van der Waals surface area (Å²) in [5.74, 6) is 1.17. The molecule has 4 aromatic rings. The average Bonchev–Trinajstić information content (AvgIpc) is 3.39. The van der Waals surface area contributed by atoms with E-state index >= 15 is 0 Å². The van der Waals surface area contributed by atoms with Crippen molar-refractivity contribution < 1.29 is 27.2 Å². The maximum Gasteiger partial charge on any atom is 0.573 e. The van der Waals surface area contributed by atoms with Crippen molar-refractivity contribution >= 4 is 0 Å². The highest BCUT2D eigenvalue weighted by Crippen LogP contribution is 2.26. The molecule has 0 saturated carbocycles. The minimum atomic E-state index is -4.77. The van der Waals surface area contributed by atoms with Crippen LogP contribution in [-0.4, -0.2) is 48.4 Å². The smallest absolute Gasteiger partial charge is 0.476 e. The zero-order valence-corrected chi connectivity index (χ0v) is 19.1. The maximum atomic E-state index is 12.3. The monoisotopic (exact) mass is 489 g/mol. The largest absolute Gasteiger partial charge is 0.573 e. The molecule has 0 aliphatic carbocycles. The van der Waals surface area contributed by atoms with Gasteiger partial charge in [0.15, 0.2) is 0 Å². The van der Waals surface area contributed by atoms with Gasteiger partial charge in [-0.25, -0.2) is 14.6 Å². The van der Waals surface area contributed by atoms with Crippen molar-refractivity contribution in [2.75, 3.05) is 6.61 Å². The van der Waals surface area contributed by atoms with Crippen molar-refractivity contribution in [3.8, 4) is 34.7 Å². The lowest BCUT2D eigenvalue weighted by atomic mass is 10.1. The lowest BCUT2D eigenvalue weighted by Gasteiger charge is -2.18. The fraction of sp³-hybridized carbons (Fsp3) is 0.318. The van der Waals surface area contributed by atoms with E-state index in [0.717, 1.165) is 17.7 Å². The van der Waals surface area contributed by atoms with Crippen molar-refractivity contribution in [1.82, 2.24) is 29.9 Å². The molecule has 0 spiro atoms. The Labute approximate surface area is 197 Å². The number of rotatable bonds is 8. The van der Waals surface area contributed by atoms with Gasteiger partial charge >= 0.3 is 6.36 Å². The molecule has 13 heteroatoms. The van der Waals surface area contributed by atoms with Crippen molar-refractivity contribution in [3.63, 3.8) is 0 Å². The number of aromatic nitrogens is 6. The molecular formula is C22H22F3N7O3. The van der Waals surface area contributed by atoms with Gasteiger partial charge in [-0.2, -0.15) is 4.98 Å². The first kappa shape index (κ1) is 24.1. The fourth-order valence-electron chi connectivity index (χ4n) is 2.96. The average molecular weight is 489 g/mol.